The molecule has 0 aromatic carbocycles. The summed E-state index contributed by atoms with van der Waals surface area (Å²) in [5.74, 6) is 0. The summed E-state index contributed by atoms with van der Waals surface area (Å²) in [6, 6.07) is 11.4. The standard InChI is InChI=1S/C16H22N4S/c1-20(9-7-13-5-2-3-8-17-13)12-14-11-15(19-18-14)16-6-4-10-21-16/h2-6,8,10,14-15,18-19H,7,9,11-12H2,1H3. The molecule has 3 rings (SSSR count). The van der Waals surface area contributed by atoms with Crippen molar-refractivity contribution in [3.8, 4) is 0 Å². The molecule has 2 N–H and O–H groups in total. The van der Waals surface area contributed by atoms with Crippen LogP contribution >= 0.6 is 11.3 Å². The van der Waals surface area contributed by atoms with Gasteiger partial charge >= 0.3 is 0 Å². The van der Waals surface area contributed by atoms with Crippen molar-refractivity contribution in [1.82, 2.24) is 20.7 Å². The van der Waals surface area contributed by atoms with Gasteiger partial charge in [-0.15, -0.1) is 11.3 Å². The molecule has 3 heterocycles. The van der Waals surface area contributed by atoms with Crippen LogP contribution in [0.2, 0.25) is 0 Å². The van der Waals surface area contributed by atoms with Gasteiger partial charge in [0.25, 0.3) is 0 Å². The van der Waals surface area contributed by atoms with Crippen LogP contribution in [-0.4, -0.2) is 36.1 Å². The monoisotopic (exact) mass is 302 g/mol. The molecular weight excluding hydrogens is 280 g/mol. The second kappa shape index (κ2) is 7.13. The maximum absolute atomic E-state index is 4.38. The van der Waals surface area contributed by atoms with E-state index in [0.29, 0.717) is 12.1 Å². The average Bonchev–Trinajstić information content (AvgIpc) is 3.17. The number of likely N-dealkylation sites (N-methyl/N-ethyl adjacent to an activating group) is 1. The van der Waals surface area contributed by atoms with Gasteiger partial charge in [0, 0.05) is 42.3 Å². The maximum Gasteiger partial charge on any atom is 0.0571 e. The highest BCUT2D eigenvalue weighted by atomic mass is 32.1. The molecule has 0 bridgehead atoms. The second-order valence-electron chi connectivity index (χ2n) is 5.62. The maximum atomic E-state index is 4.38. The van der Waals surface area contributed by atoms with Crippen LogP contribution < -0.4 is 10.9 Å². The molecule has 1 aliphatic rings. The van der Waals surface area contributed by atoms with Crippen LogP contribution in [0.5, 0.6) is 0 Å². The highest BCUT2D eigenvalue weighted by Gasteiger charge is 2.26. The van der Waals surface area contributed by atoms with Gasteiger partial charge < -0.3 is 4.90 Å². The Labute approximate surface area is 130 Å². The van der Waals surface area contributed by atoms with Crippen LogP contribution in [0.3, 0.4) is 0 Å². The highest BCUT2D eigenvalue weighted by molar-refractivity contribution is 7.10. The third-order valence-corrected chi connectivity index (χ3v) is 4.86. The zero-order valence-electron chi connectivity index (χ0n) is 12.3. The third kappa shape index (κ3) is 4.11. The van der Waals surface area contributed by atoms with Crippen molar-refractivity contribution < 1.29 is 0 Å². The number of hydrazine groups is 1. The number of hydrogen-bond donors (Lipinski definition) is 2. The zero-order valence-corrected chi connectivity index (χ0v) is 13.1. The number of pyridine rings is 1. The largest absolute Gasteiger partial charge is 0.304 e. The van der Waals surface area contributed by atoms with Crippen molar-refractivity contribution in [3.05, 3.63) is 52.5 Å². The van der Waals surface area contributed by atoms with Crippen molar-refractivity contribution in [2.75, 3.05) is 20.1 Å². The predicted octanol–water partition coefficient (Wildman–Crippen LogP) is 2.23. The minimum Gasteiger partial charge on any atom is -0.304 e. The lowest BCUT2D eigenvalue weighted by Crippen LogP contribution is -2.39. The van der Waals surface area contributed by atoms with E-state index < -0.39 is 0 Å². The highest BCUT2D eigenvalue weighted by Crippen LogP contribution is 2.26. The molecule has 21 heavy (non-hydrogen) atoms. The lowest BCUT2D eigenvalue weighted by atomic mass is 10.1. The van der Waals surface area contributed by atoms with E-state index in [0.717, 1.165) is 25.9 Å². The van der Waals surface area contributed by atoms with Gasteiger partial charge in [-0.25, -0.2) is 5.43 Å². The Morgan fingerprint density at radius 1 is 1.29 bits per heavy atom. The summed E-state index contributed by atoms with van der Waals surface area (Å²) in [5, 5.41) is 2.14. The normalized spacial score (nSPS) is 22.0. The quantitative estimate of drug-likeness (QED) is 0.858. The van der Waals surface area contributed by atoms with E-state index in [1.54, 1.807) is 0 Å². The smallest absolute Gasteiger partial charge is 0.0571 e. The molecule has 1 saturated heterocycles. The summed E-state index contributed by atoms with van der Waals surface area (Å²) >= 11 is 1.82. The van der Waals surface area contributed by atoms with E-state index in [4.69, 9.17) is 0 Å². The van der Waals surface area contributed by atoms with E-state index >= 15 is 0 Å². The van der Waals surface area contributed by atoms with Crippen molar-refractivity contribution >= 4 is 11.3 Å². The summed E-state index contributed by atoms with van der Waals surface area (Å²) in [6.45, 7) is 2.10. The van der Waals surface area contributed by atoms with Gasteiger partial charge in [-0.05, 0) is 37.0 Å². The first-order valence-electron chi connectivity index (χ1n) is 7.44. The number of nitrogens with one attached hydrogen (secondary N) is 2. The lowest BCUT2D eigenvalue weighted by Gasteiger charge is -2.20. The Kier molecular flexibility index (Phi) is 4.98. The van der Waals surface area contributed by atoms with Gasteiger partial charge in [-0.2, -0.15) is 0 Å². The van der Waals surface area contributed by atoms with Gasteiger partial charge in [0.15, 0.2) is 0 Å². The van der Waals surface area contributed by atoms with Gasteiger partial charge in [0.1, 0.15) is 0 Å². The first kappa shape index (κ1) is 14.7. The van der Waals surface area contributed by atoms with E-state index in [2.05, 4.69) is 57.4 Å². The first-order chi connectivity index (χ1) is 10.3. The molecule has 4 nitrogen and oxygen atoms in total. The fourth-order valence-electron chi connectivity index (χ4n) is 2.74. The SMILES string of the molecule is CN(CCc1ccccn1)CC1CC(c2cccs2)NN1. The number of thiophene rings is 1. The van der Waals surface area contributed by atoms with Gasteiger partial charge in [0.2, 0.25) is 0 Å². The van der Waals surface area contributed by atoms with Crippen LogP contribution in [0, 0.1) is 0 Å². The van der Waals surface area contributed by atoms with E-state index in [1.165, 1.54) is 10.6 Å². The van der Waals surface area contributed by atoms with Crippen molar-refractivity contribution in [2.24, 2.45) is 0 Å². The molecule has 2 aromatic heterocycles. The Morgan fingerprint density at radius 3 is 3.00 bits per heavy atom. The van der Waals surface area contributed by atoms with Gasteiger partial charge in [-0.3, -0.25) is 10.4 Å². The zero-order chi connectivity index (χ0) is 14.5. The molecule has 1 fully saturated rings. The Morgan fingerprint density at radius 2 is 2.24 bits per heavy atom. The number of hydrogen-bond acceptors (Lipinski definition) is 5. The van der Waals surface area contributed by atoms with Crippen molar-refractivity contribution in [1.29, 1.82) is 0 Å². The average molecular weight is 302 g/mol. The molecule has 0 amide bonds. The minimum atomic E-state index is 0.458. The van der Waals surface area contributed by atoms with E-state index in [-0.39, 0.29) is 0 Å². The molecular formula is C16H22N4S. The van der Waals surface area contributed by atoms with Crippen molar-refractivity contribution in [3.63, 3.8) is 0 Å². The molecule has 112 valence electrons. The van der Waals surface area contributed by atoms with Crippen LogP contribution in [0.4, 0.5) is 0 Å². The summed E-state index contributed by atoms with van der Waals surface area (Å²) in [6.07, 6.45) is 4.02. The minimum absolute atomic E-state index is 0.458. The van der Waals surface area contributed by atoms with Crippen LogP contribution in [0.1, 0.15) is 23.0 Å². The van der Waals surface area contributed by atoms with Crippen LogP contribution in [-0.2, 0) is 6.42 Å². The first-order valence-corrected chi connectivity index (χ1v) is 8.32. The van der Waals surface area contributed by atoms with Gasteiger partial charge in [0.05, 0.1) is 6.04 Å². The summed E-state index contributed by atoms with van der Waals surface area (Å²) in [7, 11) is 2.18. The Balaban J connectivity index is 1.42. The number of aromatic nitrogens is 1. The van der Waals surface area contributed by atoms with Gasteiger partial charge in [-0.1, -0.05) is 12.1 Å². The summed E-state index contributed by atoms with van der Waals surface area (Å²) in [4.78, 5) is 8.17. The lowest BCUT2D eigenvalue weighted by molar-refractivity contribution is 0.298. The number of rotatable bonds is 6. The summed E-state index contributed by atoms with van der Waals surface area (Å²) < 4.78 is 0. The summed E-state index contributed by atoms with van der Waals surface area (Å²) in [5.41, 5.74) is 8.00. The molecule has 0 saturated carbocycles. The predicted molar refractivity (Wildman–Crippen MR) is 87.2 cm³/mol. The molecule has 0 radical (unpaired) electrons. The molecule has 0 aliphatic carbocycles. The van der Waals surface area contributed by atoms with E-state index in [1.807, 2.05) is 23.6 Å². The Hall–Kier alpha value is -1.27. The Bertz CT molecular complexity index is 528. The molecule has 2 atom stereocenters. The molecule has 2 unspecified atom stereocenters. The molecule has 1 aliphatic heterocycles. The second-order valence-corrected chi connectivity index (χ2v) is 6.60. The topological polar surface area (TPSA) is 40.2 Å². The molecule has 2 aromatic rings. The van der Waals surface area contributed by atoms with Crippen LogP contribution in [0.15, 0.2) is 41.9 Å². The molecule has 0 spiro atoms. The number of nitrogens with zero attached hydrogens (tertiary/aromatic N) is 2. The third-order valence-electron chi connectivity index (χ3n) is 3.88. The van der Waals surface area contributed by atoms with Crippen molar-refractivity contribution in [2.45, 2.75) is 24.9 Å². The fraction of sp³-hybridized carbons (Fsp3) is 0.438. The fourth-order valence-corrected chi connectivity index (χ4v) is 3.53. The molecule has 5 heteroatoms. The van der Waals surface area contributed by atoms with Crippen LogP contribution in [0.25, 0.3) is 0 Å². The van der Waals surface area contributed by atoms with E-state index in [9.17, 15) is 0 Å².